The number of anilines is 2. The van der Waals surface area contributed by atoms with Gasteiger partial charge in [-0.25, -0.2) is 0 Å². The lowest BCUT2D eigenvalue weighted by molar-refractivity contribution is -0.118. The third-order valence-electron chi connectivity index (χ3n) is 3.99. The van der Waals surface area contributed by atoms with Crippen molar-refractivity contribution in [1.29, 1.82) is 5.26 Å². The van der Waals surface area contributed by atoms with E-state index in [1.54, 1.807) is 24.3 Å². The van der Waals surface area contributed by atoms with Crippen LogP contribution in [0.25, 0.3) is 0 Å². The molecule has 122 valence electrons. The highest BCUT2D eigenvalue weighted by molar-refractivity contribution is 5.95. The van der Waals surface area contributed by atoms with Gasteiger partial charge in [0.1, 0.15) is 11.8 Å². The van der Waals surface area contributed by atoms with E-state index in [4.69, 9.17) is 10.00 Å². The monoisotopic (exact) mass is 321 g/mol. The van der Waals surface area contributed by atoms with Crippen molar-refractivity contribution in [3.63, 3.8) is 0 Å². The number of benzene rings is 2. The lowest BCUT2D eigenvalue weighted by Crippen LogP contribution is -2.24. The van der Waals surface area contributed by atoms with E-state index in [9.17, 15) is 4.79 Å². The number of carbonyl (C=O) groups excluding carboxylic acids is 1. The van der Waals surface area contributed by atoms with Crippen LogP contribution in [0.3, 0.4) is 0 Å². The molecule has 5 heteroatoms. The molecule has 0 atom stereocenters. The predicted molar refractivity (Wildman–Crippen MR) is 93.2 cm³/mol. The van der Waals surface area contributed by atoms with Crippen LogP contribution >= 0.6 is 0 Å². The molecule has 5 nitrogen and oxygen atoms in total. The van der Waals surface area contributed by atoms with Crippen molar-refractivity contribution >= 4 is 17.3 Å². The minimum absolute atomic E-state index is 0.132. The van der Waals surface area contributed by atoms with Crippen molar-refractivity contribution < 1.29 is 9.53 Å². The van der Waals surface area contributed by atoms with Gasteiger partial charge in [-0.15, -0.1) is 0 Å². The Morgan fingerprint density at radius 1 is 1.12 bits per heavy atom. The van der Waals surface area contributed by atoms with Gasteiger partial charge in [-0.1, -0.05) is 24.3 Å². The number of rotatable bonds is 5. The normalized spacial score (nSPS) is 13.4. The molecule has 3 rings (SSSR count). The summed E-state index contributed by atoms with van der Waals surface area (Å²) in [6.45, 7) is 1.89. The molecule has 0 spiro atoms. The molecule has 1 aliphatic heterocycles. The number of nitriles is 1. The molecule has 0 saturated carbocycles. The largest absolute Gasteiger partial charge is 0.482 e. The Balaban J connectivity index is 1.64. The van der Waals surface area contributed by atoms with E-state index in [2.05, 4.69) is 16.3 Å². The number of ether oxygens (including phenoxy) is 1. The minimum Gasteiger partial charge on any atom is -0.482 e. The number of para-hydroxylation sites is 3. The van der Waals surface area contributed by atoms with E-state index in [0.29, 0.717) is 11.3 Å². The zero-order chi connectivity index (χ0) is 16.8. The van der Waals surface area contributed by atoms with Crippen molar-refractivity contribution in [2.45, 2.75) is 12.8 Å². The molecule has 1 aliphatic rings. The molecular formula is C19H19N3O2. The highest BCUT2D eigenvalue weighted by atomic mass is 16.5. The molecule has 1 heterocycles. The standard InChI is InChI=1S/C19H19N3O2/c20-13-15-7-1-4-10-18(15)24-14-19(23)21-16-8-2-3-9-17(16)22-11-5-6-12-22/h1-4,7-10H,5-6,11-12,14H2,(H,21,23). The first-order valence-electron chi connectivity index (χ1n) is 8.03. The maximum atomic E-state index is 12.2. The van der Waals surface area contributed by atoms with Gasteiger partial charge < -0.3 is 15.0 Å². The van der Waals surface area contributed by atoms with Crippen LogP contribution in [-0.4, -0.2) is 25.6 Å². The van der Waals surface area contributed by atoms with E-state index in [1.165, 1.54) is 12.8 Å². The van der Waals surface area contributed by atoms with Gasteiger partial charge in [0.25, 0.3) is 5.91 Å². The van der Waals surface area contributed by atoms with Crippen LogP contribution in [0.1, 0.15) is 18.4 Å². The summed E-state index contributed by atoms with van der Waals surface area (Å²) < 4.78 is 5.48. The molecule has 2 aromatic carbocycles. The zero-order valence-electron chi connectivity index (χ0n) is 13.4. The summed E-state index contributed by atoms with van der Waals surface area (Å²) in [7, 11) is 0. The Labute approximate surface area is 141 Å². The fraction of sp³-hybridized carbons (Fsp3) is 0.263. The Hall–Kier alpha value is -3.00. The van der Waals surface area contributed by atoms with E-state index < -0.39 is 0 Å². The molecular weight excluding hydrogens is 302 g/mol. The molecule has 1 fully saturated rings. The van der Waals surface area contributed by atoms with Crippen molar-refractivity contribution in [2.75, 3.05) is 29.9 Å². The summed E-state index contributed by atoms with van der Waals surface area (Å²) in [6, 6.07) is 16.7. The number of hydrogen-bond donors (Lipinski definition) is 1. The fourth-order valence-corrected chi connectivity index (χ4v) is 2.83. The Morgan fingerprint density at radius 3 is 2.62 bits per heavy atom. The third kappa shape index (κ3) is 3.66. The Kier molecular flexibility index (Phi) is 4.97. The number of nitrogens with one attached hydrogen (secondary N) is 1. The SMILES string of the molecule is N#Cc1ccccc1OCC(=O)Nc1ccccc1N1CCCC1. The third-order valence-corrected chi connectivity index (χ3v) is 3.99. The van der Waals surface area contributed by atoms with Crippen molar-refractivity contribution in [2.24, 2.45) is 0 Å². The van der Waals surface area contributed by atoms with Crippen LogP contribution in [0.15, 0.2) is 48.5 Å². The summed E-state index contributed by atoms with van der Waals surface area (Å²) in [5.74, 6) is 0.178. The van der Waals surface area contributed by atoms with Crippen LogP contribution in [0.4, 0.5) is 11.4 Å². The Morgan fingerprint density at radius 2 is 1.83 bits per heavy atom. The van der Waals surface area contributed by atoms with Crippen LogP contribution in [0.2, 0.25) is 0 Å². The first kappa shape index (κ1) is 15.9. The van der Waals surface area contributed by atoms with Gasteiger partial charge in [0, 0.05) is 13.1 Å². The second-order valence-electron chi connectivity index (χ2n) is 5.66. The average Bonchev–Trinajstić information content (AvgIpc) is 3.15. The molecule has 0 aromatic heterocycles. The van der Waals surface area contributed by atoms with E-state index in [0.717, 1.165) is 24.5 Å². The average molecular weight is 321 g/mol. The first-order valence-corrected chi connectivity index (χ1v) is 8.03. The molecule has 0 unspecified atom stereocenters. The van der Waals surface area contributed by atoms with Crippen LogP contribution in [-0.2, 0) is 4.79 Å². The summed E-state index contributed by atoms with van der Waals surface area (Å²) in [5.41, 5.74) is 2.25. The lowest BCUT2D eigenvalue weighted by Gasteiger charge is -2.21. The van der Waals surface area contributed by atoms with Gasteiger partial charge in [-0.2, -0.15) is 5.26 Å². The van der Waals surface area contributed by atoms with Crippen molar-refractivity contribution in [3.8, 4) is 11.8 Å². The molecule has 0 radical (unpaired) electrons. The first-order chi connectivity index (χ1) is 11.8. The number of carbonyl (C=O) groups is 1. The molecule has 24 heavy (non-hydrogen) atoms. The number of hydrogen-bond acceptors (Lipinski definition) is 4. The predicted octanol–water partition coefficient (Wildman–Crippen LogP) is 3.18. The molecule has 1 N–H and O–H groups in total. The van der Waals surface area contributed by atoms with E-state index in [1.807, 2.05) is 24.3 Å². The van der Waals surface area contributed by atoms with Crippen molar-refractivity contribution in [1.82, 2.24) is 0 Å². The molecule has 1 amide bonds. The van der Waals surface area contributed by atoms with Crippen LogP contribution in [0, 0.1) is 11.3 Å². The smallest absolute Gasteiger partial charge is 0.262 e. The molecule has 2 aromatic rings. The summed E-state index contributed by atoms with van der Waals surface area (Å²) >= 11 is 0. The van der Waals surface area contributed by atoms with Gasteiger partial charge >= 0.3 is 0 Å². The minimum atomic E-state index is -0.241. The molecule has 0 aliphatic carbocycles. The quantitative estimate of drug-likeness (QED) is 0.918. The summed E-state index contributed by atoms with van der Waals surface area (Å²) in [5, 5.41) is 11.9. The zero-order valence-corrected chi connectivity index (χ0v) is 13.4. The molecule has 1 saturated heterocycles. The van der Waals surface area contributed by atoms with Crippen LogP contribution in [0.5, 0.6) is 5.75 Å². The van der Waals surface area contributed by atoms with Gasteiger partial charge in [0.05, 0.1) is 16.9 Å². The maximum absolute atomic E-state index is 12.2. The maximum Gasteiger partial charge on any atom is 0.262 e. The highest BCUT2D eigenvalue weighted by Crippen LogP contribution is 2.28. The van der Waals surface area contributed by atoms with Crippen molar-refractivity contribution in [3.05, 3.63) is 54.1 Å². The lowest BCUT2D eigenvalue weighted by atomic mass is 10.2. The van der Waals surface area contributed by atoms with Crippen LogP contribution < -0.4 is 15.0 Å². The molecule has 0 bridgehead atoms. The number of nitrogens with zero attached hydrogens (tertiary/aromatic N) is 2. The second kappa shape index (κ2) is 7.51. The second-order valence-corrected chi connectivity index (χ2v) is 5.66. The van der Waals surface area contributed by atoms with Gasteiger partial charge in [0.15, 0.2) is 6.61 Å². The number of amides is 1. The van der Waals surface area contributed by atoms with Gasteiger partial charge in [-0.05, 0) is 37.1 Å². The van der Waals surface area contributed by atoms with Gasteiger partial charge in [0.2, 0.25) is 0 Å². The Bertz CT molecular complexity index is 761. The van der Waals surface area contributed by atoms with E-state index in [-0.39, 0.29) is 12.5 Å². The summed E-state index contributed by atoms with van der Waals surface area (Å²) in [6.07, 6.45) is 2.35. The van der Waals surface area contributed by atoms with E-state index >= 15 is 0 Å². The topological polar surface area (TPSA) is 65.4 Å². The summed E-state index contributed by atoms with van der Waals surface area (Å²) in [4.78, 5) is 14.5. The highest BCUT2D eigenvalue weighted by Gasteiger charge is 2.16. The fourth-order valence-electron chi connectivity index (χ4n) is 2.83. The van der Waals surface area contributed by atoms with Gasteiger partial charge in [-0.3, -0.25) is 4.79 Å².